The van der Waals surface area contributed by atoms with E-state index in [9.17, 15) is 9.90 Å². The third-order valence-corrected chi connectivity index (χ3v) is 2.25. The van der Waals surface area contributed by atoms with Crippen molar-refractivity contribution < 1.29 is 14.6 Å². The van der Waals surface area contributed by atoms with Crippen molar-refractivity contribution in [1.29, 1.82) is 0 Å². The highest BCUT2D eigenvalue weighted by atomic mass is 16.5. The summed E-state index contributed by atoms with van der Waals surface area (Å²) in [5.74, 6) is -0.108. The van der Waals surface area contributed by atoms with Crippen LogP contribution in [0.1, 0.15) is 12.8 Å². The molecule has 2 heterocycles. The Balaban J connectivity index is 2.02. The molecule has 0 radical (unpaired) electrons. The van der Waals surface area contributed by atoms with Crippen LogP contribution < -0.4 is 5.32 Å². The number of aromatic nitrogens is 1. The second kappa shape index (κ2) is 4.27. The lowest BCUT2D eigenvalue weighted by molar-refractivity contribution is -0.124. The minimum atomic E-state index is -0.411. The Morgan fingerprint density at radius 1 is 1.67 bits per heavy atom. The topological polar surface area (TPSA) is 71.5 Å². The average Bonchev–Trinajstić information content (AvgIpc) is 2.74. The minimum Gasteiger partial charge on any atom is -0.504 e. The van der Waals surface area contributed by atoms with Gasteiger partial charge in [0, 0.05) is 12.8 Å². The summed E-state index contributed by atoms with van der Waals surface area (Å²) in [6.07, 6.45) is 2.71. The molecule has 1 aliphatic heterocycles. The fraction of sp³-hybridized carbons (Fsp3) is 0.400. The molecule has 5 nitrogen and oxygen atoms in total. The Labute approximate surface area is 87.1 Å². The molecule has 0 spiro atoms. The van der Waals surface area contributed by atoms with Gasteiger partial charge in [0.2, 0.25) is 0 Å². The lowest BCUT2D eigenvalue weighted by atomic mass is 10.2. The number of hydrogen-bond acceptors (Lipinski definition) is 4. The van der Waals surface area contributed by atoms with Gasteiger partial charge < -0.3 is 15.2 Å². The number of pyridine rings is 1. The molecular formula is C10H12N2O3. The number of rotatable bonds is 2. The van der Waals surface area contributed by atoms with Crippen LogP contribution in [0.3, 0.4) is 0 Å². The molecule has 15 heavy (non-hydrogen) atoms. The van der Waals surface area contributed by atoms with Gasteiger partial charge in [-0.1, -0.05) is 0 Å². The molecule has 0 aliphatic carbocycles. The zero-order chi connectivity index (χ0) is 10.7. The molecule has 1 aromatic heterocycles. The van der Waals surface area contributed by atoms with E-state index >= 15 is 0 Å². The number of nitrogens with zero attached hydrogens (tertiary/aromatic N) is 1. The summed E-state index contributed by atoms with van der Waals surface area (Å²) < 4.78 is 5.21. The SMILES string of the molecule is O=C(Nc1ncccc1O)[C@H]1CCCO1. The molecule has 1 saturated heterocycles. The highest BCUT2D eigenvalue weighted by Gasteiger charge is 2.24. The van der Waals surface area contributed by atoms with Crippen LogP contribution in [-0.4, -0.2) is 28.7 Å². The van der Waals surface area contributed by atoms with Crippen LogP contribution in [0.5, 0.6) is 5.75 Å². The first-order valence-electron chi connectivity index (χ1n) is 4.84. The van der Waals surface area contributed by atoms with Crippen LogP contribution in [0, 0.1) is 0 Å². The molecule has 5 heteroatoms. The number of amides is 1. The third-order valence-electron chi connectivity index (χ3n) is 2.25. The van der Waals surface area contributed by atoms with Gasteiger partial charge in [0.1, 0.15) is 6.10 Å². The Morgan fingerprint density at radius 2 is 2.53 bits per heavy atom. The van der Waals surface area contributed by atoms with E-state index in [4.69, 9.17) is 4.74 Å². The van der Waals surface area contributed by atoms with Gasteiger partial charge >= 0.3 is 0 Å². The number of carbonyl (C=O) groups excluding carboxylic acids is 1. The summed E-state index contributed by atoms with van der Waals surface area (Å²) in [4.78, 5) is 15.4. The summed E-state index contributed by atoms with van der Waals surface area (Å²) in [7, 11) is 0. The van der Waals surface area contributed by atoms with Gasteiger partial charge in [0.15, 0.2) is 11.6 Å². The van der Waals surface area contributed by atoms with Gasteiger partial charge in [-0.15, -0.1) is 0 Å². The smallest absolute Gasteiger partial charge is 0.254 e. The summed E-state index contributed by atoms with van der Waals surface area (Å²) in [6, 6.07) is 3.06. The molecule has 0 saturated carbocycles. The monoisotopic (exact) mass is 208 g/mol. The molecule has 2 rings (SSSR count). The third kappa shape index (κ3) is 2.24. The molecular weight excluding hydrogens is 196 g/mol. The molecule has 2 N–H and O–H groups in total. The van der Waals surface area contributed by atoms with Crippen molar-refractivity contribution in [2.75, 3.05) is 11.9 Å². The van der Waals surface area contributed by atoms with Crippen LogP contribution in [0.4, 0.5) is 5.82 Å². The van der Waals surface area contributed by atoms with E-state index < -0.39 is 6.10 Å². The van der Waals surface area contributed by atoms with Crippen molar-refractivity contribution >= 4 is 11.7 Å². The standard InChI is InChI=1S/C10H12N2O3/c13-7-3-1-5-11-9(7)12-10(14)8-4-2-6-15-8/h1,3,5,8,13H,2,4,6H2,(H,11,12,14)/t8-/m1/s1. The number of aromatic hydroxyl groups is 1. The lowest BCUT2D eigenvalue weighted by Gasteiger charge is -2.10. The molecule has 0 unspecified atom stereocenters. The zero-order valence-electron chi connectivity index (χ0n) is 8.14. The maximum absolute atomic E-state index is 11.6. The van der Waals surface area contributed by atoms with E-state index in [0.717, 1.165) is 12.8 Å². The summed E-state index contributed by atoms with van der Waals surface area (Å²) in [6.45, 7) is 0.617. The Hall–Kier alpha value is -1.62. The molecule has 0 bridgehead atoms. The van der Waals surface area contributed by atoms with Gasteiger partial charge in [0.25, 0.3) is 5.91 Å². The van der Waals surface area contributed by atoms with Crippen molar-refractivity contribution in [3.05, 3.63) is 18.3 Å². The molecule has 0 aromatic carbocycles. The number of ether oxygens (including phenoxy) is 1. The molecule has 1 amide bonds. The first kappa shape index (κ1) is 9.92. The second-order valence-electron chi connectivity index (χ2n) is 3.36. The quantitative estimate of drug-likeness (QED) is 0.757. The van der Waals surface area contributed by atoms with Crippen LogP contribution in [0.2, 0.25) is 0 Å². The first-order chi connectivity index (χ1) is 7.27. The zero-order valence-corrected chi connectivity index (χ0v) is 8.14. The Kier molecular flexibility index (Phi) is 2.82. The average molecular weight is 208 g/mol. The van der Waals surface area contributed by atoms with E-state index in [-0.39, 0.29) is 17.5 Å². The van der Waals surface area contributed by atoms with Gasteiger partial charge in [-0.25, -0.2) is 4.98 Å². The van der Waals surface area contributed by atoms with E-state index in [1.54, 1.807) is 6.07 Å². The van der Waals surface area contributed by atoms with Crippen LogP contribution in [0.25, 0.3) is 0 Å². The van der Waals surface area contributed by atoms with Crippen molar-refractivity contribution in [2.24, 2.45) is 0 Å². The van der Waals surface area contributed by atoms with E-state index in [2.05, 4.69) is 10.3 Å². The summed E-state index contributed by atoms with van der Waals surface area (Å²) >= 11 is 0. The van der Waals surface area contributed by atoms with Crippen LogP contribution >= 0.6 is 0 Å². The number of hydrogen-bond donors (Lipinski definition) is 2. The van der Waals surface area contributed by atoms with Gasteiger partial charge in [-0.05, 0) is 25.0 Å². The molecule has 80 valence electrons. The fourth-order valence-electron chi connectivity index (χ4n) is 1.47. The number of nitrogens with one attached hydrogen (secondary N) is 1. The molecule has 1 fully saturated rings. The van der Waals surface area contributed by atoms with Gasteiger partial charge in [0.05, 0.1) is 0 Å². The predicted octanol–water partition coefficient (Wildman–Crippen LogP) is 0.905. The highest BCUT2D eigenvalue weighted by Crippen LogP contribution is 2.20. The normalized spacial score (nSPS) is 20.1. The maximum atomic E-state index is 11.6. The molecule has 1 aromatic rings. The Morgan fingerprint density at radius 3 is 3.20 bits per heavy atom. The van der Waals surface area contributed by atoms with Crippen molar-refractivity contribution in [3.8, 4) is 5.75 Å². The predicted molar refractivity (Wildman–Crippen MR) is 53.5 cm³/mol. The van der Waals surface area contributed by atoms with E-state index in [1.807, 2.05) is 0 Å². The highest BCUT2D eigenvalue weighted by molar-refractivity contribution is 5.94. The second-order valence-corrected chi connectivity index (χ2v) is 3.36. The van der Waals surface area contributed by atoms with Crippen LogP contribution in [0.15, 0.2) is 18.3 Å². The van der Waals surface area contributed by atoms with Crippen LogP contribution in [-0.2, 0) is 9.53 Å². The molecule has 1 atom stereocenters. The number of carbonyl (C=O) groups is 1. The molecule has 1 aliphatic rings. The van der Waals surface area contributed by atoms with E-state index in [1.165, 1.54) is 12.3 Å². The van der Waals surface area contributed by atoms with Crippen molar-refractivity contribution in [3.63, 3.8) is 0 Å². The Bertz CT molecular complexity index is 361. The largest absolute Gasteiger partial charge is 0.504 e. The summed E-state index contributed by atoms with van der Waals surface area (Å²) in [5, 5.41) is 11.9. The minimum absolute atomic E-state index is 0.0381. The summed E-state index contributed by atoms with van der Waals surface area (Å²) in [5.41, 5.74) is 0. The fourth-order valence-corrected chi connectivity index (χ4v) is 1.47. The van der Waals surface area contributed by atoms with Crippen molar-refractivity contribution in [1.82, 2.24) is 4.98 Å². The maximum Gasteiger partial charge on any atom is 0.254 e. The van der Waals surface area contributed by atoms with Crippen molar-refractivity contribution in [2.45, 2.75) is 18.9 Å². The van der Waals surface area contributed by atoms with E-state index in [0.29, 0.717) is 6.61 Å². The van der Waals surface area contributed by atoms with Gasteiger partial charge in [-0.2, -0.15) is 0 Å². The van der Waals surface area contributed by atoms with Gasteiger partial charge in [-0.3, -0.25) is 4.79 Å². The lowest BCUT2D eigenvalue weighted by Crippen LogP contribution is -2.27. The number of anilines is 1. The first-order valence-corrected chi connectivity index (χ1v) is 4.84.